The summed E-state index contributed by atoms with van der Waals surface area (Å²) in [4.78, 5) is 10.8. The predicted octanol–water partition coefficient (Wildman–Crippen LogP) is 1.50. The maximum absolute atomic E-state index is 10.8. The zero-order valence-electron chi connectivity index (χ0n) is 8.05. The van der Waals surface area contributed by atoms with E-state index in [0.29, 0.717) is 6.54 Å². The number of carboxylic acid groups (broad SMARTS) is 1. The molecule has 0 aromatic heterocycles. The van der Waals surface area contributed by atoms with Crippen molar-refractivity contribution < 1.29 is 9.90 Å². The molecule has 4 heteroatoms. The Labute approximate surface area is 79.7 Å². The second-order valence-electron chi connectivity index (χ2n) is 4.02. The van der Waals surface area contributed by atoms with Crippen molar-refractivity contribution in [2.24, 2.45) is 16.6 Å². The number of rotatable bonds is 3. The fourth-order valence-electron chi connectivity index (χ4n) is 0.545. The lowest BCUT2D eigenvalue weighted by molar-refractivity contribution is -0.153. The third-order valence-corrected chi connectivity index (χ3v) is 2.74. The SMILES string of the molecule is CC(C)(CN)C(C)(C)C(=O)O.Cl. The Balaban J connectivity index is 0. The Kier molecular flexibility index (Phi) is 4.87. The van der Waals surface area contributed by atoms with Gasteiger partial charge < -0.3 is 10.8 Å². The van der Waals surface area contributed by atoms with E-state index in [4.69, 9.17) is 10.8 Å². The molecule has 0 radical (unpaired) electrons. The summed E-state index contributed by atoms with van der Waals surface area (Å²) in [6.07, 6.45) is 0. The van der Waals surface area contributed by atoms with Crippen LogP contribution in [0.2, 0.25) is 0 Å². The monoisotopic (exact) mass is 195 g/mol. The molecule has 0 rings (SSSR count). The van der Waals surface area contributed by atoms with Gasteiger partial charge in [0.25, 0.3) is 0 Å². The summed E-state index contributed by atoms with van der Waals surface area (Å²) in [5.41, 5.74) is 4.34. The number of aliphatic carboxylic acids is 1. The molecule has 0 aromatic rings. The maximum Gasteiger partial charge on any atom is 0.309 e. The van der Waals surface area contributed by atoms with Crippen LogP contribution in [-0.4, -0.2) is 17.6 Å². The molecule has 0 bridgehead atoms. The summed E-state index contributed by atoms with van der Waals surface area (Å²) in [6, 6.07) is 0. The van der Waals surface area contributed by atoms with E-state index in [-0.39, 0.29) is 17.8 Å². The standard InChI is InChI=1S/C8H17NO2.ClH/c1-7(2,5-9)8(3,4)6(10)11;/h5,9H2,1-4H3,(H,10,11);1H. The number of carbonyl (C=O) groups is 1. The van der Waals surface area contributed by atoms with Gasteiger partial charge in [0.05, 0.1) is 5.41 Å². The van der Waals surface area contributed by atoms with Crippen molar-refractivity contribution in [2.45, 2.75) is 27.7 Å². The van der Waals surface area contributed by atoms with Crippen LogP contribution in [-0.2, 0) is 4.79 Å². The van der Waals surface area contributed by atoms with Gasteiger partial charge in [-0.2, -0.15) is 0 Å². The number of carboxylic acids is 1. The van der Waals surface area contributed by atoms with Gasteiger partial charge in [-0.3, -0.25) is 4.79 Å². The van der Waals surface area contributed by atoms with E-state index in [1.807, 2.05) is 13.8 Å². The van der Waals surface area contributed by atoms with Crippen LogP contribution >= 0.6 is 12.4 Å². The van der Waals surface area contributed by atoms with Gasteiger partial charge in [0.15, 0.2) is 0 Å². The minimum atomic E-state index is -0.798. The second kappa shape index (κ2) is 4.10. The first-order valence-corrected chi connectivity index (χ1v) is 3.69. The molecule has 0 atom stereocenters. The molecular weight excluding hydrogens is 178 g/mol. The summed E-state index contributed by atoms with van der Waals surface area (Å²) < 4.78 is 0. The maximum atomic E-state index is 10.8. The van der Waals surface area contributed by atoms with Crippen molar-refractivity contribution in [3.63, 3.8) is 0 Å². The molecule has 0 heterocycles. The van der Waals surface area contributed by atoms with Crippen molar-refractivity contribution in [3.8, 4) is 0 Å². The van der Waals surface area contributed by atoms with Gasteiger partial charge >= 0.3 is 5.97 Å². The van der Waals surface area contributed by atoms with Crippen molar-refractivity contribution in [1.29, 1.82) is 0 Å². The van der Waals surface area contributed by atoms with Gasteiger partial charge in [0, 0.05) is 0 Å². The lowest BCUT2D eigenvalue weighted by Crippen LogP contribution is -2.44. The van der Waals surface area contributed by atoms with Crippen LogP contribution in [0.1, 0.15) is 27.7 Å². The Bertz CT molecular complexity index is 166. The van der Waals surface area contributed by atoms with Gasteiger partial charge in [0.2, 0.25) is 0 Å². The van der Waals surface area contributed by atoms with E-state index < -0.39 is 11.4 Å². The Morgan fingerprint density at radius 1 is 1.33 bits per heavy atom. The van der Waals surface area contributed by atoms with Gasteiger partial charge in [0.1, 0.15) is 0 Å². The molecule has 0 spiro atoms. The Hall–Kier alpha value is -0.280. The van der Waals surface area contributed by atoms with E-state index in [9.17, 15) is 4.79 Å². The summed E-state index contributed by atoms with van der Waals surface area (Å²) >= 11 is 0. The third-order valence-electron chi connectivity index (χ3n) is 2.74. The van der Waals surface area contributed by atoms with Crippen molar-refractivity contribution >= 4 is 18.4 Å². The Morgan fingerprint density at radius 2 is 1.67 bits per heavy atom. The first-order valence-electron chi connectivity index (χ1n) is 3.69. The zero-order valence-corrected chi connectivity index (χ0v) is 8.86. The molecule has 0 aliphatic rings. The quantitative estimate of drug-likeness (QED) is 0.718. The molecule has 0 amide bonds. The molecule has 12 heavy (non-hydrogen) atoms. The molecule has 0 saturated heterocycles. The van der Waals surface area contributed by atoms with E-state index in [0.717, 1.165) is 0 Å². The first-order chi connectivity index (χ1) is 4.75. The zero-order chi connectivity index (χ0) is 9.28. The average molecular weight is 196 g/mol. The van der Waals surface area contributed by atoms with E-state index in [1.54, 1.807) is 13.8 Å². The highest BCUT2D eigenvalue weighted by Crippen LogP contribution is 2.37. The van der Waals surface area contributed by atoms with Gasteiger partial charge in [-0.05, 0) is 25.8 Å². The van der Waals surface area contributed by atoms with Crippen LogP contribution in [0.5, 0.6) is 0 Å². The number of halogens is 1. The molecule has 3 N–H and O–H groups in total. The average Bonchev–Trinajstić information content (AvgIpc) is 1.87. The van der Waals surface area contributed by atoms with E-state index in [1.165, 1.54) is 0 Å². The molecule has 0 aliphatic carbocycles. The smallest absolute Gasteiger partial charge is 0.309 e. The van der Waals surface area contributed by atoms with Crippen LogP contribution in [0.3, 0.4) is 0 Å². The minimum absolute atomic E-state index is 0. The summed E-state index contributed by atoms with van der Waals surface area (Å²) in [7, 11) is 0. The topological polar surface area (TPSA) is 63.3 Å². The molecule has 0 fully saturated rings. The fourth-order valence-corrected chi connectivity index (χ4v) is 0.545. The van der Waals surface area contributed by atoms with E-state index in [2.05, 4.69) is 0 Å². The normalized spacial score (nSPS) is 12.1. The lowest BCUT2D eigenvalue weighted by atomic mass is 9.68. The van der Waals surface area contributed by atoms with Crippen LogP contribution in [0, 0.1) is 10.8 Å². The number of nitrogens with two attached hydrogens (primary N) is 1. The molecule has 0 aromatic carbocycles. The largest absolute Gasteiger partial charge is 0.481 e. The molecule has 0 unspecified atom stereocenters. The molecule has 0 saturated carbocycles. The second-order valence-corrected chi connectivity index (χ2v) is 4.02. The van der Waals surface area contributed by atoms with E-state index >= 15 is 0 Å². The van der Waals surface area contributed by atoms with Crippen molar-refractivity contribution in [2.75, 3.05) is 6.54 Å². The van der Waals surface area contributed by atoms with Crippen LogP contribution in [0.25, 0.3) is 0 Å². The highest BCUT2D eigenvalue weighted by atomic mass is 35.5. The Morgan fingerprint density at radius 3 is 1.75 bits per heavy atom. The highest BCUT2D eigenvalue weighted by Gasteiger charge is 2.42. The fraction of sp³-hybridized carbons (Fsp3) is 0.875. The first kappa shape index (κ1) is 14.3. The van der Waals surface area contributed by atoms with Crippen LogP contribution in [0.4, 0.5) is 0 Å². The van der Waals surface area contributed by atoms with Crippen LogP contribution < -0.4 is 5.73 Å². The molecular formula is C8H18ClNO2. The van der Waals surface area contributed by atoms with Crippen molar-refractivity contribution in [1.82, 2.24) is 0 Å². The predicted molar refractivity (Wildman–Crippen MR) is 51.5 cm³/mol. The minimum Gasteiger partial charge on any atom is -0.481 e. The van der Waals surface area contributed by atoms with Crippen LogP contribution in [0.15, 0.2) is 0 Å². The number of hydrogen-bond donors (Lipinski definition) is 2. The molecule has 0 aliphatic heterocycles. The lowest BCUT2D eigenvalue weighted by Gasteiger charge is -2.36. The summed E-state index contributed by atoms with van der Waals surface area (Å²) in [6.45, 7) is 7.50. The van der Waals surface area contributed by atoms with Gasteiger partial charge in [-0.15, -0.1) is 12.4 Å². The molecule has 3 nitrogen and oxygen atoms in total. The molecule has 74 valence electrons. The highest BCUT2D eigenvalue weighted by molar-refractivity contribution is 5.85. The van der Waals surface area contributed by atoms with Crippen molar-refractivity contribution in [3.05, 3.63) is 0 Å². The summed E-state index contributed by atoms with van der Waals surface area (Å²) in [5, 5.41) is 8.85. The van der Waals surface area contributed by atoms with Gasteiger partial charge in [-0.1, -0.05) is 13.8 Å². The summed E-state index contributed by atoms with van der Waals surface area (Å²) in [5.74, 6) is -0.798. The van der Waals surface area contributed by atoms with Gasteiger partial charge in [-0.25, -0.2) is 0 Å². The third kappa shape index (κ3) is 2.35. The number of hydrogen-bond acceptors (Lipinski definition) is 2.